The van der Waals surface area contributed by atoms with Crippen molar-refractivity contribution in [3.63, 3.8) is 0 Å². The zero-order valence-corrected chi connectivity index (χ0v) is 7.86. The van der Waals surface area contributed by atoms with Crippen LogP contribution in [0, 0.1) is 0 Å². The van der Waals surface area contributed by atoms with E-state index in [-0.39, 0.29) is 6.42 Å². The summed E-state index contributed by atoms with van der Waals surface area (Å²) in [5.74, 6) is -0.803. The minimum absolute atomic E-state index is 0.110. The first-order valence-electron chi connectivity index (χ1n) is 4.47. The molecule has 4 nitrogen and oxygen atoms in total. The maximum absolute atomic E-state index is 10.3. The first-order chi connectivity index (χ1) is 6.74. The molecule has 14 heavy (non-hydrogen) atoms. The second-order valence-corrected chi connectivity index (χ2v) is 2.93. The number of benzene rings is 1. The summed E-state index contributed by atoms with van der Waals surface area (Å²) in [5, 5.41) is 11.5. The van der Waals surface area contributed by atoms with Gasteiger partial charge in [-0.05, 0) is 11.6 Å². The second kappa shape index (κ2) is 5.24. The van der Waals surface area contributed by atoms with Crippen LogP contribution in [0.2, 0.25) is 0 Å². The normalized spacial score (nSPS) is 9.79. The zero-order chi connectivity index (χ0) is 10.4. The van der Waals surface area contributed by atoms with Crippen molar-refractivity contribution in [2.45, 2.75) is 13.0 Å². The van der Waals surface area contributed by atoms with E-state index in [1.54, 1.807) is 0 Å². The average Bonchev–Trinajstić information content (AvgIpc) is 2.18. The number of hydrogen-bond donors (Lipinski definition) is 3. The summed E-state index contributed by atoms with van der Waals surface area (Å²) in [6.45, 7) is 0.878. The number of carbonyl (C=O) groups is 1. The Bertz CT molecular complexity index is 313. The Morgan fingerprint density at radius 1 is 1.43 bits per heavy atom. The largest absolute Gasteiger partial charge is 0.481 e. The van der Waals surface area contributed by atoms with E-state index >= 15 is 0 Å². The van der Waals surface area contributed by atoms with Crippen LogP contribution in [-0.4, -0.2) is 17.6 Å². The highest BCUT2D eigenvalue weighted by molar-refractivity contribution is 5.67. The van der Waals surface area contributed by atoms with Crippen LogP contribution in [0.1, 0.15) is 12.0 Å². The predicted molar refractivity (Wildman–Crippen MR) is 55.1 cm³/mol. The van der Waals surface area contributed by atoms with E-state index in [9.17, 15) is 4.79 Å². The monoisotopic (exact) mass is 194 g/mol. The molecule has 0 aliphatic rings. The third-order valence-electron chi connectivity index (χ3n) is 1.89. The quantitative estimate of drug-likeness (QED) is 0.654. The lowest BCUT2D eigenvalue weighted by Gasteiger charge is -2.08. The van der Waals surface area contributed by atoms with Gasteiger partial charge in [-0.25, -0.2) is 0 Å². The number of nitrogens with two attached hydrogens (primary N) is 1. The fourth-order valence-electron chi connectivity index (χ4n) is 1.17. The van der Waals surface area contributed by atoms with Gasteiger partial charge in [0.15, 0.2) is 0 Å². The van der Waals surface area contributed by atoms with Gasteiger partial charge in [-0.15, -0.1) is 0 Å². The average molecular weight is 194 g/mol. The first-order valence-corrected chi connectivity index (χ1v) is 4.47. The van der Waals surface area contributed by atoms with Gasteiger partial charge in [0.2, 0.25) is 0 Å². The van der Waals surface area contributed by atoms with Crippen LogP contribution in [-0.2, 0) is 11.3 Å². The van der Waals surface area contributed by atoms with Crippen molar-refractivity contribution in [1.29, 1.82) is 0 Å². The number of rotatable bonds is 5. The van der Waals surface area contributed by atoms with Crippen molar-refractivity contribution >= 4 is 11.7 Å². The molecule has 0 aliphatic carbocycles. The van der Waals surface area contributed by atoms with Crippen molar-refractivity contribution in [2.75, 3.05) is 11.9 Å². The highest BCUT2D eigenvalue weighted by Gasteiger charge is 2.00. The van der Waals surface area contributed by atoms with Gasteiger partial charge in [0, 0.05) is 18.8 Å². The Balaban J connectivity index is 2.53. The van der Waals surface area contributed by atoms with Crippen LogP contribution in [0.4, 0.5) is 5.69 Å². The molecule has 0 aromatic heterocycles. The number of para-hydroxylation sites is 1. The second-order valence-electron chi connectivity index (χ2n) is 2.93. The SMILES string of the molecule is NCc1ccccc1NCCC(=O)O. The van der Waals surface area contributed by atoms with E-state index in [0.29, 0.717) is 13.1 Å². The lowest BCUT2D eigenvalue weighted by molar-refractivity contribution is -0.136. The molecule has 0 spiro atoms. The van der Waals surface area contributed by atoms with Crippen LogP contribution in [0.3, 0.4) is 0 Å². The number of anilines is 1. The zero-order valence-electron chi connectivity index (χ0n) is 7.86. The molecule has 0 fully saturated rings. The molecule has 0 aliphatic heterocycles. The van der Waals surface area contributed by atoms with Crippen LogP contribution in [0.15, 0.2) is 24.3 Å². The van der Waals surface area contributed by atoms with E-state index in [4.69, 9.17) is 10.8 Å². The number of aliphatic carboxylic acids is 1. The van der Waals surface area contributed by atoms with Crippen molar-refractivity contribution in [2.24, 2.45) is 5.73 Å². The highest BCUT2D eigenvalue weighted by atomic mass is 16.4. The molecule has 0 radical (unpaired) electrons. The van der Waals surface area contributed by atoms with E-state index in [1.165, 1.54) is 0 Å². The Kier molecular flexibility index (Phi) is 3.94. The predicted octanol–water partition coefficient (Wildman–Crippen LogP) is 1.03. The summed E-state index contributed by atoms with van der Waals surface area (Å²) in [6, 6.07) is 7.61. The fourth-order valence-corrected chi connectivity index (χ4v) is 1.17. The summed E-state index contributed by atoms with van der Waals surface area (Å²) in [6.07, 6.45) is 0.110. The third-order valence-corrected chi connectivity index (χ3v) is 1.89. The molecule has 1 aromatic rings. The number of carboxylic acids is 1. The van der Waals surface area contributed by atoms with E-state index in [2.05, 4.69) is 5.32 Å². The van der Waals surface area contributed by atoms with Crippen LogP contribution >= 0.6 is 0 Å². The molecular weight excluding hydrogens is 180 g/mol. The summed E-state index contributed by atoms with van der Waals surface area (Å²) in [4.78, 5) is 10.3. The molecule has 0 saturated carbocycles. The van der Waals surface area contributed by atoms with Crippen LogP contribution in [0.5, 0.6) is 0 Å². The molecule has 0 heterocycles. The van der Waals surface area contributed by atoms with Crippen molar-refractivity contribution in [3.8, 4) is 0 Å². The van der Waals surface area contributed by atoms with Crippen molar-refractivity contribution in [3.05, 3.63) is 29.8 Å². The minimum atomic E-state index is -0.803. The summed E-state index contributed by atoms with van der Waals surface area (Å²) in [5.41, 5.74) is 7.44. The van der Waals surface area contributed by atoms with Gasteiger partial charge in [-0.2, -0.15) is 0 Å². The third kappa shape index (κ3) is 3.06. The lowest BCUT2D eigenvalue weighted by Crippen LogP contribution is -2.10. The fraction of sp³-hybridized carbons (Fsp3) is 0.300. The Morgan fingerprint density at radius 3 is 2.79 bits per heavy atom. The highest BCUT2D eigenvalue weighted by Crippen LogP contribution is 2.13. The molecule has 76 valence electrons. The van der Waals surface area contributed by atoms with Gasteiger partial charge in [-0.1, -0.05) is 18.2 Å². The number of nitrogens with one attached hydrogen (secondary N) is 1. The molecule has 0 atom stereocenters. The number of hydrogen-bond acceptors (Lipinski definition) is 3. The maximum atomic E-state index is 10.3. The smallest absolute Gasteiger partial charge is 0.305 e. The molecule has 0 amide bonds. The van der Waals surface area contributed by atoms with E-state index in [1.807, 2.05) is 24.3 Å². The first kappa shape index (κ1) is 10.5. The molecule has 0 unspecified atom stereocenters. The molecule has 0 bridgehead atoms. The van der Waals surface area contributed by atoms with E-state index in [0.717, 1.165) is 11.3 Å². The van der Waals surface area contributed by atoms with Crippen LogP contribution in [0.25, 0.3) is 0 Å². The maximum Gasteiger partial charge on any atom is 0.305 e. The lowest BCUT2D eigenvalue weighted by atomic mass is 10.2. The van der Waals surface area contributed by atoms with Crippen molar-refractivity contribution in [1.82, 2.24) is 0 Å². The molecule has 4 N–H and O–H groups in total. The van der Waals surface area contributed by atoms with Crippen LogP contribution < -0.4 is 11.1 Å². The summed E-state index contributed by atoms with van der Waals surface area (Å²) < 4.78 is 0. The van der Waals surface area contributed by atoms with Gasteiger partial charge in [0.05, 0.1) is 6.42 Å². The van der Waals surface area contributed by atoms with Gasteiger partial charge in [0.25, 0.3) is 0 Å². The molecule has 1 aromatic carbocycles. The van der Waals surface area contributed by atoms with Gasteiger partial charge < -0.3 is 16.2 Å². The van der Waals surface area contributed by atoms with E-state index < -0.39 is 5.97 Å². The Hall–Kier alpha value is -1.55. The Morgan fingerprint density at radius 2 is 2.14 bits per heavy atom. The molecule has 1 rings (SSSR count). The van der Waals surface area contributed by atoms with Gasteiger partial charge >= 0.3 is 5.97 Å². The van der Waals surface area contributed by atoms with Crippen molar-refractivity contribution < 1.29 is 9.90 Å². The topological polar surface area (TPSA) is 75.3 Å². The summed E-state index contributed by atoms with van der Waals surface area (Å²) in [7, 11) is 0. The summed E-state index contributed by atoms with van der Waals surface area (Å²) >= 11 is 0. The van der Waals surface area contributed by atoms with Gasteiger partial charge in [-0.3, -0.25) is 4.79 Å². The Labute approximate surface area is 82.7 Å². The van der Waals surface area contributed by atoms with Gasteiger partial charge in [0.1, 0.15) is 0 Å². The molecule has 4 heteroatoms. The minimum Gasteiger partial charge on any atom is -0.481 e. The molecular formula is C10H14N2O2. The molecule has 0 saturated heterocycles. The standard InChI is InChI=1S/C10H14N2O2/c11-7-8-3-1-2-4-9(8)12-6-5-10(13)14/h1-4,12H,5-7,11H2,(H,13,14). The number of carboxylic acid groups (broad SMARTS) is 1.